The van der Waals surface area contributed by atoms with Crippen LogP contribution in [0.15, 0.2) is 48.5 Å². The third-order valence-electron chi connectivity index (χ3n) is 3.12. The zero-order chi connectivity index (χ0) is 13.9. The van der Waals surface area contributed by atoms with Crippen LogP contribution < -0.4 is 4.74 Å². The Labute approximate surface area is 118 Å². The van der Waals surface area contributed by atoms with E-state index in [1.807, 2.05) is 48.5 Å². The van der Waals surface area contributed by atoms with Crippen LogP contribution in [0, 0.1) is 0 Å². The highest BCUT2D eigenvalue weighted by molar-refractivity contribution is 6.30. The molecule has 0 aliphatic carbocycles. The normalized spacial score (nSPS) is 13.9. The molecule has 0 bridgehead atoms. The molecular weight excluding hydrogens is 260 g/mol. The molecule has 2 aromatic carbocycles. The van der Waals surface area contributed by atoms with Crippen LogP contribution in [0.4, 0.5) is 0 Å². The van der Waals surface area contributed by atoms with Crippen LogP contribution in [0.3, 0.4) is 0 Å². The van der Waals surface area contributed by atoms with Crippen molar-refractivity contribution in [2.24, 2.45) is 0 Å². The van der Waals surface area contributed by atoms with Crippen LogP contribution in [0.2, 0.25) is 5.02 Å². The summed E-state index contributed by atoms with van der Waals surface area (Å²) in [5.74, 6) is 0.689. The van der Waals surface area contributed by atoms with Gasteiger partial charge in [0.15, 0.2) is 0 Å². The first-order chi connectivity index (χ1) is 9.03. The van der Waals surface area contributed by atoms with Crippen molar-refractivity contribution in [3.8, 4) is 5.75 Å². The van der Waals surface area contributed by atoms with Crippen LogP contribution in [0.25, 0.3) is 0 Å². The predicted molar refractivity (Wildman–Crippen MR) is 77.7 cm³/mol. The predicted octanol–water partition coefficient (Wildman–Crippen LogP) is 3.80. The van der Waals surface area contributed by atoms with Gasteiger partial charge in [-0.1, -0.05) is 41.9 Å². The summed E-state index contributed by atoms with van der Waals surface area (Å²) in [6.07, 6.45) is 0.480. The van der Waals surface area contributed by atoms with Gasteiger partial charge in [-0.15, -0.1) is 0 Å². The molecule has 0 saturated carbocycles. The van der Waals surface area contributed by atoms with Crippen LogP contribution in [0.1, 0.15) is 18.1 Å². The van der Waals surface area contributed by atoms with Gasteiger partial charge in [-0.3, -0.25) is 0 Å². The largest absolute Gasteiger partial charge is 0.496 e. The van der Waals surface area contributed by atoms with Crippen LogP contribution in [0.5, 0.6) is 5.75 Å². The van der Waals surface area contributed by atoms with Crippen molar-refractivity contribution in [2.75, 3.05) is 7.11 Å². The van der Waals surface area contributed by atoms with Crippen LogP contribution >= 0.6 is 11.6 Å². The lowest BCUT2D eigenvalue weighted by Gasteiger charge is -2.26. The van der Waals surface area contributed by atoms with E-state index >= 15 is 0 Å². The number of benzene rings is 2. The van der Waals surface area contributed by atoms with Gasteiger partial charge in [0.2, 0.25) is 0 Å². The van der Waals surface area contributed by atoms with Gasteiger partial charge in [0.25, 0.3) is 0 Å². The van der Waals surface area contributed by atoms with Gasteiger partial charge in [-0.25, -0.2) is 0 Å². The molecule has 2 aromatic rings. The molecule has 100 valence electrons. The van der Waals surface area contributed by atoms with Crippen molar-refractivity contribution < 1.29 is 9.84 Å². The van der Waals surface area contributed by atoms with Gasteiger partial charge < -0.3 is 9.84 Å². The molecule has 1 unspecified atom stereocenters. The molecule has 0 aliphatic rings. The lowest BCUT2D eigenvalue weighted by atomic mass is 9.88. The van der Waals surface area contributed by atoms with Crippen LogP contribution in [-0.4, -0.2) is 12.2 Å². The number of hydrogen-bond acceptors (Lipinski definition) is 2. The number of hydrogen-bond donors (Lipinski definition) is 1. The van der Waals surface area contributed by atoms with E-state index in [1.165, 1.54) is 0 Å². The molecule has 19 heavy (non-hydrogen) atoms. The third kappa shape index (κ3) is 3.28. The van der Waals surface area contributed by atoms with E-state index in [0.29, 0.717) is 17.2 Å². The first-order valence-electron chi connectivity index (χ1n) is 6.13. The third-order valence-corrected chi connectivity index (χ3v) is 3.36. The Morgan fingerprint density at radius 1 is 1.16 bits per heavy atom. The van der Waals surface area contributed by atoms with Gasteiger partial charge in [0.1, 0.15) is 5.75 Å². The molecule has 0 saturated heterocycles. The second kappa shape index (κ2) is 5.64. The lowest BCUT2D eigenvalue weighted by molar-refractivity contribution is 0.0550. The standard InChI is InChI=1S/C16H17ClO2/c1-16(18,11-12-6-5-7-13(17)10-12)14-8-3-4-9-15(14)19-2/h3-10,18H,11H2,1-2H3. The maximum atomic E-state index is 10.7. The fourth-order valence-electron chi connectivity index (χ4n) is 2.23. The topological polar surface area (TPSA) is 29.5 Å². The first kappa shape index (κ1) is 13.9. The van der Waals surface area contributed by atoms with Crippen molar-refractivity contribution in [3.05, 3.63) is 64.7 Å². The van der Waals surface area contributed by atoms with Crippen molar-refractivity contribution in [3.63, 3.8) is 0 Å². The van der Waals surface area contributed by atoms with E-state index in [9.17, 15) is 5.11 Å². The molecule has 2 nitrogen and oxygen atoms in total. The van der Waals surface area contributed by atoms with Gasteiger partial charge >= 0.3 is 0 Å². The van der Waals surface area contributed by atoms with Gasteiger partial charge in [-0.2, -0.15) is 0 Å². The Morgan fingerprint density at radius 2 is 1.89 bits per heavy atom. The van der Waals surface area contributed by atoms with E-state index < -0.39 is 5.60 Å². The molecule has 0 aromatic heterocycles. The molecule has 0 fully saturated rings. The number of ether oxygens (including phenoxy) is 1. The number of para-hydroxylation sites is 1. The Bertz CT molecular complexity index is 564. The lowest BCUT2D eigenvalue weighted by Crippen LogP contribution is -2.25. The monoisotopic (exact) mass is 276 g/mol. The molecular formula is C16H17ClO2. The fourth-order valence-corrected chi connectivity index (χ4v) is 2.44. The summed E-state index contributed by atoms with van der Waals surface area (Å²) in [4.78, 5) is 0. The number of halogens is 1. The molecule has 2 rings (SSSR count). The summed E-state index contributed by atoms with van der Waals surface area (Å²) in [5.41, 5.74) is 0.762. The average molecular weight is 277 g/mol. The highest BCUT2D eigenvalue weighted by atomic mass is 35.5. The number of rotatable bonds is 4. The molecule has 0 spiro atoms. The van der Waals surface area contributed by atoms with Gasteiger partial charge in [0.05, 0.1) is 12.7 Å². The summed E-state index contributed by atoms with van der Waals surface area (Å²) in [7, 11) is 1.61. The van der Waals surface area contributed by atoms with E-state index in [0.717, 1.165) is 11.1 Å². The van der Waals surface area contributed by atoms with Crippen molar-refractivity contribution in [2.45, 2.75) is 18.9 Å². The minimum atomic E-state index is -1.00. The number of aliphatic hydroxyl groups is 1. The zero-order valence-corrected chi connectivity index (χ0v) is 11.8. The average Bonchev–Trinajstić information content (AvgIpc) is 2.38. The minimum absolute atomic E-state index is 0.480. The SMILES string of the molecule is COc1ccccc1C(C)(O)Cc1cccc(Cl)c1. The van der Waals surface area contributed by atoms with Crippen molar-refractivity contribution >= 4 is 11.6 Å². The van der Waals surface area contributed by atoms with E-state index in [1.54, 1.807) is 14.0 Å². The molecule has 1 atom stereocenters. The van der Waals surface area contributed by atoms with E-state index in [4.69, 9.17) is 16.3 Å². The van der Waals surface area contributed by atoms with Crippen LogP contribution in [-0.2, 0) is 12.0 Å². The Hall–Kier alpha value is -1.51. The van der Waals surface area contributed by atoms with E-state index in [-0.39, 0.29) is 0 Å². The Morgan fingerprint density at radius 3 is 2.58 bits per heavy atom. The maximum Gasteiger partial charge on any atom is 0.124 e. The Balaban J connectivity index is 2.32. The summed E-state index contributed by atoms with van der Waals surface area (Å²) in [6, 6.07) is 15.0. The summed E-state index contributed by atoms with van der Waals surface area (Å²) >= 11 is 5.97. The van der Waals surface area contributed by atoms with Gasteiger partial charge in [0, 0.05) is 17.0 Å². The molecule has 0 amide bonds. The second-order valence-corrected chi connectivity index (χ2v) is 5.22. The second-order valence-electron chi connectivity index (χ2n) is 4.78. The number of methoxy groups -OCH3 is 1. The quantitative estimate of drug-likeness (QED) is 0.920. The summed E-state index contributed by atoms with van der Waals surface area (Å²) < 4.78 is 5.31. The van der Waals surface area contributed by atoms with Crippen molar-refractivity contribution in [1.82, 2.24) is 0 Å². The maximum absolute atomic E-state index is 10.7. The highest BCUT2D eigenvalue weighted by Crippen LogP contribution is 2.32. The fraction of sp³-hybridized carbons (Fsp3) is 0.250. The molecule has 1 N–H and O–H groups in total. The highest BCUT2D eigenvalue weighted by Gasteiger charge is 2.26. The summed E-state index contributed by atoms with van der Waals surface area (Å²) in [5, 5.41) is 11.4. The van der Waals surface area contributed by atoms with Crippen molar-refractivity contribution in [1.29, 1.82) is 0 Å². The first-order valence-corrected chi connectivity index (χ1v) is 6.51. The molecule has 0 aliphatic heterocycles. The minimum Gasteiger partial charge on any atom is -0.496 e. The molecule has 3 heteroatoms. The van der Waals surface area contributed by atoms with E-state index in [2.05, 4.69) is 0 Å². The molecule has 0 radical (unpaired) electrons. The zero-order valence-electron chi connectivity index (χ0n) is 11.1. The smallest absolute Gasteiger partial charge is 0.124 e. The Kier molecular flexibility index (Phi) is 4.13. The molecule has 0 heterocycles. The summed E-state index contributed by atoms with van der Waals surface area (Å²) in [6.45, 7) is 1.78. The van der Waals surface area contributed by atoms with Gasteiger partial charge in [-0.05, 0) is 30.7 Å².